The third-order valence-corrected chi connectivity index (χ3v) is 5.00. The maximum Gasteiger partial charge on any atom is 0.339 e. The van der Waals surface area contributed by atoms with Crippen LogP contribution in [0.15, 0.2) is 73.1 Å². The molecule has 2 aromatic carbocycles. The van der Waals surface area contributed by atoms with Crippen molar-refractivity contribution >= 4 is 28.5 Å². The topological polar surface area (TPSA) is 81.5 Å². The standard InChI is InChI=1S/C24H19ClN2O4/c1-30-24(29)18-9-17(12-26-13-18)23(28)16-3-2-4-21(10-16)31-14-20-8-6-15-5-7-19(25)11-22(15)27-20/h2-13,23,28H,14H2,1H3. The first-order valence-corrected chi connectivity index (χ1v) is 9.90. The van der Waals surface area contributed by atoms with Gasteiger partial charge in [-0.05, 0) is 42.0 Å². The Bertz CT molecular complexity index is 1250. The molecule has 0 bridgehead atoms. The minimum Gasteiger partial charge on any atom is -0.487 e. The lowest BCUT2D eigenvalue weighted by atomic mass is 10.0. The first-order valence-electron chi connectivity index (χ1n) is 9.53. The molecular weight excluding hydrogens is 416 g/mol. The SMILES string of the molecule is COC(=O)c1cncc(C(O)c2cccc(OCc3ccc4ccc(Cl)cc4n3)c2)c1. The van der Waals surface area contributed by atoms with Gasteiger partial charge in [0.25, 0.3) is 0 Å². The Hall–Kier alpha value is -3.48. The van der Waals surface area contributed by atoms with Crippen molar-refractivity contribution in [1.82, 2.24) is 9.97 Å². The summed E-state index contributed by atoms with van der Waals surface area (Å²) in [6, 6.07) is 18.1. The van der Waals surface area contributed by atoms with Crippen molar-refractivity contribution in [1.29, 1.82) is 0 Å². The molecule has 4 rings (SSSR count). The van der Waals surface area contributed by atoms with Gasteiger partial charge in [0.1, 0.15) is 18.5 Å². The Morgan fingerprint density at radius 3 is 2.74 bits per heavy atom. The average Bonchev–Trinajstić information content (AvgIpc) is 2.81. The summed E-state index contributed by atoms with van der Waals surface area (Å²) in [5.74, 6) is 0.0735. The summed E-state index contributed by atoms with van der Waals surface area (Å²) in [5.41, 5.74) is 2.92. The molecule has 1 unspecified atom stereocenters. The molecule has 31 heavy (non-hydrogen) atoms. The van der Waals surface area contributed by atoms with Crippen LogP contribution >= 0.6 is 11.6 Å². The Kier molecular flexibility index (Phi) is 6.11. The number of methoxy groups -OCH3 is 1. The number of carbonyl (C=O) groups is 1. The second kappa shape index (κ2) is 9.12. The maximum absolute atomic E-state index is 11.7. The minimum atomic E-state index is -0.971. The van der Waals surface area contributed by atoms with E-state index in [1.54, 1.807) is 30.3 Å². The fourth-order valence-electron chi connectivity index (χ4n) is 3.17. The van der Waals surface area contributed by atoms with E-state index in [2.05, 4.69) is 9.97 Å². The molecule has 1 atom stereocenters. The highest BCUT2D eigenvalue weighted by Crippen LogP contribution is 2.26. The number of ether oxygens (including phenoxy) is 2. The second-order valence-electron chi connectivity index (χ2n) is 6.90. The largest absolute Gasteiger partial charge is 0.487 e. The normalized spacial score (nSPS) is 11.8. The molecule has 0 spiro atoms. The number of carbonyl (C=O) groups excluding carboxylic acids is 1. The molecule has 2 aromatic heterocycles. The highest BCUT2D eigenvalue weighted by atomic mass is 35.5. The number of esters is 1. The van der Waals surface area contributed by atoms with E-state index in [0.29, 0.717) is 21.9 Å². The fourth-order valence-corrected chi connectivity index (χ4v) is 3.34. The number of hydrogen-bond acceptors (Lipinski definition) is 6. The predicted molar refractivity (Wildman–Crippen MR) is 117 cm³/mol. The molecule has 0 saturated heterocycles. The number of nitrogens with zero attached hydrogens (tertiary/aromatic N) is 2. The van der Waals surface area contributed by atoms with Gasteiger partial charge in [-0.15, -0.1) is 0 Å². The Labute approximate surface area is 184 Å². The fraction of sp³-hybridized carbons (Fsp3) is 0.125. The van der Waals surface area contributed by atoms with Crippen molar-refractivity contribution in [3.63, 3.8) is 0 Å². The van der Waals surface area contributed by atoms with Crippen LogP contribution in [0.2, 0.25) is 5.02 Å². The summed E-state index contributed by atoms with van der Waals surface area (Å²) in [5, 5.41) is 12.4. The number of rotatable bonds is 6. The lowest BCUT2D eigenvalue weighted by Crippen LogP contribution is -2.06. The van der Waals surface area contributed by atoms with E-state index in [-0.39, 0.29) is 12.2 Å². The molecule has 4 aromatic rings. The lowest BCUT2D eigenvalue weighted by Gasteiger charge is -2.14. The predicted octanol–water partition coefficient (Wildman–Crippen LogP) is 4.73. The van der Waals surface area contributed by atoms with Crippen LogP contribution in [0, 0.1) is 0 Å². The molecule has 6 nitrogen and oxygen atoms in total. The molecule has 0 radical (unpaired) electrons. The van der Waals surface area contributed by atoms with Gasteiger partial charge in [-0.1, -0.05) is 35.9 Å². The van der Waals surface area contributed by atoms with E-state index < -0.39 is 12.1 Å². The number of aromatic nitrogens is 2. The summed E-state index contributed by atoms with van der Waals surface area (Å²) in [6.07, 6.45) is 1.93. The smallest absolute Gasteiger partial charge is 0.339 e. The van der Waals surface area contributed by atoms with Gasteiger partial charge in [0, 0.05) is 28.4 Å². The summed E-state index contributed by atoms with van der Waals surface area (Å²) < 4.78 is 10.6. The van der Waals surface area contributed by atoms with Gasteiger partial charge in [0.15, 0.2) is 0 Å². The summed E-state index contributed by atoms with van der Waals surface area (Å²) in [6.45, 7) is 0.265. The van der Waals surface area contributed by atoms with Crippen LogP contribution in [-0.2, 0) is 11.3 Å². The van der Waals surface area contributed by atoms with Crippen molar-refractivity contribution in [2.45, 2.75) is 12.7 Å². The molecule has 0 fully saturated rings. The molecule has 0 aliphatic carbocycles. The Balaban J connectivity index is 1.50. The molecule has 0 aliphatic heterocycles. The van der Waals surface area contributed by atoms with Crippen molar-refractivity contribution < 1.29 is 19.4 Å². The molecule has 0 amide bonds. The van der Waals surface area contributed by atoms with Crippen LogP contribution in [0.3, 0.4) is 0 Å². The van der Waals surface area contributed by atoms with E-state index in [1.807, 2.05) is 30.3 Å². The van der Waals surface area contributed by atoms with Crippen LogP contribution in [-0.4, -0.2) is 28.2 Å². The van der Waals surface area contributed by atoms with Crippen LogP contribution < -0.4 is 4.74 Å². The highest BCUT2D eigenvalue weighted by Gasteiger charge is 2.15. The van der Waals surface area contributed by atoms with Crippen LogP contribution in [0.5, 0.6) is 5.75 Å². The maximum atomic E-state index is 11.7. The number of halogens is 1. The van der Waals surface area contributed by atoms with Crippen molar-refractivity contribution in [3.8, 4) is 5.75 Å². The number of aliphatic hydroxyl groups excluding tert-OH is 1. The Morgan fingerprint density at radius 1 is 1.06 bits per heavy atom. The summed E-state index contributed by atoms with van der Waals surface area (Å²) in [7, 11) is 1.30. The van der Waals surface area contributed by atoms with E-state index >= 15 is 0 Å². The number of hydrogen-bond donors (Lipinski definition) is 1. The first-order chi connectivity index (χ1) is 15.0. The number of fused-ring (bicyclic) bond motifs is 1. The van der Waals surface area contributed by atoms with Crippen LogP contribution in [0.25, 0.3) is 10.9 Å². The zero-order valence-corrected chi connectivity index (χ0v) is 17.4. The van der Waals surface area contributed by atoms with E-state index in [4.69, 9.17) is 21.1 Å². The molecule has 2 heterocycles. The zero-order chi connectivity index (χ0) is 21.8. The van der Waals surface area contributed by atoms with Crippen LogP contribution in [0.4, 0.5) is 0 Å². The number of benzene rings is 2. The van der Waals surface area contributed by atoms with Crippen LogP contribution in [0.1, 0.15) is 33.3 Å². The van der Waals surface area contributed by atoms with Gasteiger partial charge in [0.2, 0.25) is 0 Å². The van der Waals surface area contributed by atoms with Gasteiger partial charge in [-0.2, -0.15) is 0 Å². The molecule has 0 aliphatic rings. The lowest BCUT2D eigenvalue weighted by molar-refractivity contribution is 0.0600. The third-order valence-electron chi connectivity index (χ3n) is 4.77. The molecular formula is C24H19ClN2O4. The van der Waals surface area contributed by atoms with Gasteiger partial charge in [-0.25, -0.2) is 9.78 Å². The average molecular weight is 435 g/mol. The van der Waals surface area contributed by atoms with E-state index in [0.717, 1.165) is 16.6 Å². The van der Waals surface area contributed by atoms with Gasteiger partial charge in [0.05, 0.1) is 23.9 Å². The van der Waals surface area contributed by atoms with Crippen molar-refractivity contribution in [2.75, 3.05) is 7.11 Å². The molecule has 7 heteroatoms. The number of aliphatic hydroxyl groups is 1. The van der Waals surface area contributed by atoms with Gasteiger partial charge >= 0.3 is 5.97 Å². The number of pyridine rings is 2. The summed E-state index contributed by atoms with van der Waals surface area (Å²) in [4.78, 5) is 20.3. The molecule has 156 valence electrons. The first kappa shape index (κ1) is 20.8. The molecule has 0 saturated carbocycles. The molecule has 1 N–H and O–H groups in total. The van der Waals surface area contributed by atoms with E-state index in [9.17, 15) is 9.90 Å². The summed E-state index contributed by atoms with van der Waals surface area (Å²) >= 11 is 6.05. The quantitative estimate of drug-likeness (QED) is 0.442. The van der Waals surface area contributed by atoms with Crippen molar-refractivity contribution in [3.05, 3.63) is 100 Å². The second-order valence-corrected chi connectivity index (χ2v) is 7.34. The van der Waals surface area contributed by atoms with Gasteiger partial charge in [-0.3, -0.25) is 4.98 Å². The minimum absolute atomic E-state index is 0.265. The van der Waals surface area contributed by atoms with Gasteiger partial charge < -0.3 is 14.6 Å². The Morgan fingerprint density at radius 2 is 1.90 bits per heavy atom. The zero-order valence-electron chi connectivity index (χ0n) is 16.7. The highest BCUT2D eigenvalue weighted by molar-refractivity contribution is 6.31. The van der Waals surface area contributed by atoms with E-state index in [1.165, 1.54) is 19.5 Å². The monoisotopic (exact) mass is 434 g/mol. The third kappa shape index (κ3) is 4.82. The van der Waals surface area contributed by atoms with Crippen molar-refractivity contribution in [2.24, 2.45) is 0 Å².